The van der Waals surface area contributed by atoms with Gasteiger partial charge in [0.2, 0.25) is 0 Å². The molecular formula is C18H20N2O2. The first-order chi connectivity index (χ1) is 10.5. The van der Waals surface area contributed by atoms with Crippen molar-refractivity contribution in [1.29, 1.82) is 0 Å². The summed E-state index contributed by atoms with van der Waals surface area (Å²) in [7, 11) is 0. The fourth-order valence-electron chi connectivity index (χ4n) is 2.97. The third kappa shape index (κ3) is 2.30. The lowest BCUT2D eigenvalue weighted by Crippen LogP contribution is -2.09. The molecule has 0 aliphatic heterocycles. The minimum Gasteiger partial charge on any atom is -0.478 e. The number of aromatic amines is 1. The van der Waals surface area contributed by atoms with Gasteiger partial charge in [0.25, 0.3) is 0 Å². The average Bonchev–Trinajstić information content (AvgIpc) is 3.01. The zero-order chi connectivity index (χ0) is 15.9. The molecule has 2 aromatic heterocycles. The molecule has 114 valence electrons. The first kappa shape index (κ1) is 14.4. The van der Waals surface area contributed by atoms with Gasteiger partial charge >= 0.3 is 5.97 Å². The van der Waals surface area contributed by atoms with Crippen LogP contribution in [0.15, 0.2) is 36.5 Å². The lowest BCUT2D eigenvalue weighted by Gasteiger charge is -2.14. The van der Waals surface area contributed by atoms with Crippen LogP contribution in [-0.4, -0.2) is 20.6 Å². The molecular weight excluding hydrogens is 276 g/mol. The van der Waals surface area contributed by atoms with E-state index in [0.717, 1.165) is 34.4 Å². The molecule has 0 atom stereocenters. The summed E-state index contributed by atoms with van der Waals surface area (Å²) in [4.78, 5) is 14.7. The third-order valence-corrected chi connectivity index (χ3v) is 4.01. The number of carboxylic acids is 1. The van der Waals surface area contributed by atoms with E-state index in [1.165, 1.54) is 0 Å². The molecule has 2 N–H and O–H groups in total. The Balaban J connectivity index is 2.25. The second-order valence-electron chi connectivity index (χ2n) is 6.09. The van der Waals surface area contributed by atoms with E-state index < -0.39 is 5.97 Å². The Kier molecular flexibility index (Phi) is 3.53. The van der Waals surface area contributed by atoms with Crippen LogP contribution in [0, 0.1) is 12.8 Å². The topological polar surface area (TPSA) is 58.0 Å². The van der Waals surface area contributed by atoms with Gasteiger partial charge in [-0.1, -0.05) is 32.0 Å². The van der Waals surface area contributed by atoms with Gasteiger partial charge < -0.3 is 14.7 Å². The van der Waals surface area contributed by atoms with Crippen molar-refractivity contribution >= 4 is 16.9 Å². The zero-order valence-corrected chi connectivity index (χ0v) is 13.1. The maximum absolute atomic E-state index is 11.5. The largest absolute Gasteiger partial charge is 0.478 e. The highest BCUT2D eigenvalue weighted by molar-refractivity contribution is 5.97. The van der Waals surface area contributed by atoms with Gasteiger partial charge in [0.15, 0.2) is 0 Å². The summed E-state index contributed by atoms with van der Waals surface area (Å²) in [5, 5.41) is 10.5. The molecule has 2 heterocycles. The first-order valence-electron chi connectivity index (χ1n) is 7.49. The highest BCUT2D eigenvalue weighted by Crippen LogP contribution is 2.32. The van der Waals surface area contributed by atoms with Crippen molar-refractivity contribution in [3.8, 4) is 11.3 Å². The van der Waals surface area contributed by atoms with E-state index in [0.29, 0.717) is 11.5 Å². The van der Waals surface area contributed by atoms with Crippen molar-refractivity contribution in [2.45, 2.75) is 27.3 Å². The maximum Gasteiger partial charge on any atom is 0.337 e. The van der Waals surface area contributed by atoms with E-state index in [9.17, 15) is 9.90 Å². The van der Waals surface area contributed by atoms with Gasteiger partial charge in [-0.3, -0.25) is 0 Å². The smallest absolute Gasteiger partial charge is 0.337 e. The van der Waals surface area contributed by atoms with Gasteiger partial charge in [0, 0.05) is 34.9 Å². The molecule has 0 amide bonds. The number of aromatic nitrogens is 2. The van der Waals surface area contributed by atoms with Crippen molar-refractivity contribution in [2.24, 2.45) is 5.92 Å². The third-order valence-electron chi connectivity index (χ3n) is 4.01. The van der Waals surface area contributed by atoms with Crippen LogP contribution >= 0.6 is 0 Å². The Morgan fingerprint density at radius 2 is 2.05 bits per heavy atom. The number of hydrogen-bond donors (Lipinski definition) is 2. The summed E-state index contributed by atoms with van der Waals surface area (Å²) >= 11 is 0. The van der Waals surface area contributed by atoms with Gasteiger partial charge in [-0.05, 0) is 25.0 Å². The minimum atomic E-state index is -0.874. The normalized spacial score (nSPS) is 11.5. The molecule has 3 rings (SSSR count). The highest BCUT2D eigenvalue weighted by Gasteiger charge is 2.20. The van der Waals surface area contributed by atoms with E-state index in [-0.39, 0.29) is 0 Å². The van der Waals surface area contributed by atoms with Crippen LogP contribution in [-0.2, 0) is 6.54 Å². The Hall–Kier alpha value is -2.49. The number of para-hydroxylation sites is 1. The van der Waals surface area contributed by atoms with Gasteiger partial charge in [-0.2, -0.15) is 0 Å². The lowest BCUT2D eigenvalue weighted by atomic mass is 10.1. The zero-order valence-electron chi connectivity index (χ0n) is 13.1. The summed E-state index contributed by atoms with van der Waals surface area (Å²) in [5.74, 6) is -0.433. The number of carboxylic acid groups (broad SMARTS) is 1. The average molecular weight is 296 g/mol. The number of fused-ring (bicyclic) bond motifs is 1. The minimum absolute atomic E-state index is 0.376. The van der Waals surface area contributed by atoms with Gasteiger partial charge in [-0.25, -0.2) is 4.79 Å². The standard InChI is InChI=1S/C18H20N2O2/c1-11(2)10-20-12(3)14(18(21)22)8-17(20)15-9-19-16-7-5-4-6-13(15)16/h4-9,11,19H,10H2,1-3H3,(H,21,22). The van der Waals surface area contributed by atoms with Crippen molar-refractivity contribution in [1.82, 2.24) is 9.55 Å². The Morgan fingerprint density at radius 3 is 2.73 bits per heavy atom. The fraction of sp³-hybridized carbons (Fsp3) is 0.278. The monoisotopic (exact) mass is 296 g/mol. The Bertz CT molecular complexity index is 840. The van der Waals surface area contributed by atoms with Crippen LogP contribution in [0.2, 0.25) is 0 Å². The van der Waals surface area contributed by atoms with Crippen LogP contribution in [0.25, 0.3) is 22.2 Å². The predicted octanol–water partition coefficient (Wildman–Crippen LogP) is 4.30. The Labute approximate surface area is 129 Å². The van der Waals surface area contributed by atoms with E-state index in [4.69, 9.17) is 0 Å². The van der Waals surface area contributed by atoms with Crippen LogP contribution in [0.3, 0.4) is 0 Å². The quantitative estimate of drug-likeness (QED) is 0.754. The van der Waals surface area contributed by atoms with Crippen molar-refractivity contribution < 1.29 is 9.90 Å². The molecule has 0 radical (unpaired) electrons. The molecule has 4 nitrogen and oxygen atoms in total. The predicted molar refractivity (Wildman–Crippen MR) is 88.3 cm³/mol. The van der Waals surface area contributed by atoms with Crippen LogP contribution < -0.4 is 0 Å². The molecule has 0 saturated heterocycles. The molecule has 0 aliphatic rings. The van der Waals surface area contributed by atoms with E-state index in [2.05, 4.69) is 29.5 Å². The molecule has 0 unspecified atom stereocenters. The van der Waals surface area contributed by atoms with Crippen molar-refractivity contribution in [3.05, 3.63) is 47.8 Å². The van der Waals surface area contributed by atoms with Crippen molar-refractivity contribution in [2.75, 3.05) is 0 Å². The number of H-pyrrole nitrogens is 1. The molecule has 0 spiro atoms. The summed E-state index contributed by atoms with van der Waals surface area (Å²) in [6, 6.07) is 9.86. The summed E-state index contributed by atoms with van der Waals surface area (Å²) in [5.41, 5.74) is 4.25. The number of carbonyl (C=O) groups is 1. The molecule has 0 bridgehead atoms. The van der Waals surface area contributed by atoms with Crippen LogP contribution in [0.5, 0.6) is 0 Å². The SMILES string of the molecule is Cc1c(C(=O)O)cc(-c2c[nH]c3ccccc23)n1CC(C)C. The molecule has 0 aliphatic carbocycles. The summed E-state index contributed by atoms with van der Waals surface area (Å²) < 4.78 is 2.11. The fourth-order valence-corrected chi connectivity index (χ4v) is 2.97. The molecule has 0 fully saturated rings. The van der Waals surface area contributed by atoms with Gasteiger partial charge in [0.05, 0.1) is 11.3 Å². The van der Waals surface area contributed by atoms with Crippen LogP contribution in [0.4, 0.5) is 0 Å². The second-order valence-corrected chi connectivity index (χ2v) is 6.09. The number of nitrogens with zero attached hydrogens (tertiary/aromatic N) is 1. The number of benzene rings is 1. The van der Waals surface area contributed by atoms with Gasteiger partial charge in [0.1, 0.15) is 0 Å². The van der Waals surface area contributed by atoms with E-state index in [1.54, 1.807) is 6.07 Å². The number of nitrogens with one attached hydrogen (secondary N) is 1. The van der Waals surface area contributed by atoms with E-state index in [1.807, 2.05) is 31.3 Å². The number of hydrogen-bond acceptors (Lipinski definition) is 1. The summed E-state index contributed by atoms with van der Waals surface area (Å²) in [6.45, 7) is 6.95. The maximum atomic E-state index is 11.5. The highest BCUT2D eigenvalue weighted by atomic mass is 16.4. The Morgan fingerprint density at radius 1 is 1.32 bits per heavy atom. The molecule has 4 heteroatoms. The number of aromatic carboxylic acids is 1. The first-order valence-corrected chi connectivity index (χ1v) is 7.49. The van der Waals surface area contributed by atoms with Crippen LogP contribution in [0.1, 0.15) is 29.9 Å². The number of rotatable bonds is 4. The van der Waals surface area contributed by atoms with E-state index >= 15 is 0 Å². The molecule has 0 saturated carbocycles. The second kappa shape index (κ2) is 5.37. The lowest BCUT2D eigenvalue weighted by molar-refractivity contribution is 0.0696. The summed E-state index contributed by atoms with van der Waals surface area (Å²) in [6.07, 6.45) is 1.96. The molecule has 22 heavy (non-hydrogen) atoms. The van der Waals surface area contributed by atoms with Gasteiger partial charge in [-0.15, -0.1) is 0 Å². The molecule has 1 aromatic carbocycles. The van der Waals surface area contributed by atoms with Crippen molar-refractivity contribution in [3.63, 3.8) is 0 Å². The molecule has 3 aromatic rings.